The highest BCUT2D eigenvalue weighted by Gasteiger charge is 2.19. The van der Waals surface area contributed by atoms with E-state index in [0.717, 1.165) is 5.69 Å². The van der Waals surface area contributed by atoms with Crippen LogP contribution in [-0.4, -0.2) is 39.9 Å². The average molecular weight is 331 g/mol. The first-order valence-electron chi connectivity index (χ1n) is 7.75. The third-order valence-electron chi connectivity index (χ3n) is 3.11. The van der Waals surface area contributed by atoms with Gasteiger partial charge >= 0.3 is 5.97 Å². The molecular weight excluding hydrogens is 310 g/mol. The third kappa shape index (κ3) is 4.84. The van der Waals surface area contributed by atoms with Crippen molar-refractivity contribution < 1.29 is 19.4 Å². The van der Waals surface area contributed by atoms with Gasteiger partial charge in [-0.2, -0.15) is 5.10 Å². The smallest absolute Gasteiger partial charge is 0.305 e. The molecule has 1 heterocycles. The van der Waals surface area contributed by atoms with Crippen LogP contribution in [0.1, 0.15) is 30.8 Å². The van der Waals surface area contributed by atoms with E-state index in [9.17, 15) is 9.59 Å². The Morgan fingerprint density at radius 3 is 2.62 bits per heavy atom. The lowest BCUT2D eigenvalue weighted by molar-refractivity contribution is -0.136. The third-order valence-corrected chi connectivity index (χ3v) is 3.11. The normalized spacial score (nSPS) is 10.6. The molecule has 0 saturated carbocycles. The van der Waals surface area contributed by atoms with Crippen molar-refractivity contribution >= 4 is 11.9 Å². The molecule has 2 rings (SSSR count). The van der Waals surface area contributed by atoms with E-state index in [0.29, 0.717) is 18.3 Å². The summed E-state index contributed by atoms with van der Waals surface area (Å²) in [5.74, 6) is -0.751. The topological polar surface area (TPSA) is 93.5 Å². The van der Waals surface area contributed by atoms with Gasteiger partial charge in [-0.1, -0.05) is 32.0 Å². The Morgan fingerprint density at radius 2 is 2.00 bits per heavy atom. The van der Waals surface area contributed by atoms with Crippen LogP contribution in [0, 0.1) is 5.92 Å². The molecule has 0 fully saturated rings. The number of hydrogen-bond acceptors (Lipinski definition) is 4. The number of carbonyl (C=O) groups excluding carboxylic acids is 1. The molecule has 0 atom stereocenters. The number of nitrogens with one attached hydrogen (secondary N) is 1. The van der Waals surface area contributed by atoms with Crippen LogP contribution in [0.4, 0.5) is 0 Å². The quantitative estimate of drug-likeness (QED) is 0.773. The van der Waals surface area contributed by atoms with Gasteiger partial charge in [0.1, 0.15) is 0 Å². The van der Waals surface area contributed by atoms with Crippen LogP contribution >= 0.6 is 0 Å². The molecule has 1 aromatic carbocycles. The molecule has 0 unspecified atom stereocenters. The maximum absolute atomic E-state index is 12.3. The largest absolute Gasteiger partial charge is 0.489 e. The molecule has 1 amide bonds. The van der Waals surface area contributed by atoms with Gasteiger partial charge in [-0.05, 0) is 18.1 Å². The van der Waals surface area contributed by atoms with Crippen LogP contribution in [0.25, 0.3) is 5.69 Å². The van der Waals surface area contributed by atoms with Gasteiger partial charge in [0.2, 0.25) is 0 Å². The van der Waals surface area contributed by atoms with E-state index in [4.69, 9.17) is 9.84 Å². The van der Waals surface area contributed by atoms with Crippen molar-refractivity contribution in [3.05, 3.63) is 42.2 Å². The fourth-order valence-electron chi connectivity index (χ4n) is 1.96. The molecule has 0 aliphatic carbocycles. The minimum atomic E-state index is -0.971. The molecule has 2 aromatic rings. The van der Waals surface area contributed by atoms with Crippen LogP contribution in [0.15, 0.2) is 36.5 Å². The van der Waals surface area contributed by atoms with Gasteiger partial charge in [0.15, 0.2) is 11.4 Å². The molecular formula is C17H21N3O4. The minimum absolute atomic E-state index is 0.0377. The van der Waals surface area contributed by atoms with Crippen molar-refractivity contribution in [2.75, 3.05) is 13.2 Å². The molecule has 0 spiro atoms. The zero-order valence-electron chi connectivity index (χ0n) is 13.7. The molecule has 24 heavy (non-hydrogen) atoms. The monoisotopic (exact) mass is 331 g/mol. The molecule has 7 heteroatoms. The van der Waals surface area contributed by atoms with Crippen molar-refractivity contribution in [1.29, 1.82) is 0 Å². The highest BCUT2D eigenvalue weighted by molar-refractivity contribution is 5.95. The first-order valence-corrected chi connectivity index (χ1v) is 7.75. The Bertz CT molecular complexity index is 695. The lowest BCUT2D eigenvalue weighted by Gasteiger charge is -2.08. The van der Waals surface area contributed by atoms with E-state index in [-0.39, 0.29) is 18.7 Å². The number of nitrogens with zero attached hydrogens (tertiary/aromatic N) is 2. The van der Waals surface area contributed by atoms with Crippen molar-refractivity contribution in [3.8, 4) is 11.4 Å². The van der Waals surface area contributed by atoms with E-state index in [2.05, 4.69) is 10.4 Å². The maximum Gasteiger partial charge on any atom is 0.305 e. The zero-order valence-corrected chi connectivity index (χ0v) is 13.7. The Labute approximate surface area is 140 Å². The van der Waals surface area contributed by atoms with Crippen molar-refractivity contribution in [2.24, 2.45) is 5.92 Å². The Hall–Kier alpha value is -2.83. The van der Waals surface area contributed by atoms with E-state index in [1.54, 1.807) is 10.9 Å². The van der Waals surface area contributed by atoms with Crippen LogP contribution < -0.4 is 10.1 Å². The number of para-hydroxylation sites is 1. The lowest BCUT2D eigenvalue weighted by Crippen LogP contribution is -2.27. The van der Waals surface area contributed by atoms with E-state index < -0.39 is 11.9 Å². The molecule has 0 aliphatic rings. The first-order chi connectivity index (χ1) is 11.5. The summed E-state index contributed by atoms with van der Waals surface area (Å²) in [6.07, 6.45) is 1.51. The van der Waals surface area contributed by atoms with Gasteiger partial charge in [0.05, 0.1) is 24.9 Å². The molecule has 0 bridgehead atoms. The highest BCUT2D eigenvalue weighted by atomic mass is 16.5. The van der Waals surface area contributed by atoms with Gasteiger partial charge in [-0.15, -0.1) is 0 Å². The second-order valence-corrected chi connectivity index (χ2v) is 5.73. The number of rotatable bonds is 8. The van der Waals surface area contributed by atoms with Gasteiger partial charge in [-0.25, -0.2) is 4.68 Å². The number of amides is 1. The zero-order chi connectivity index (χ0) is 17.5. The molecule has 128 valence electrons. The van der Waals surface area contributed by atoms with Gasteiger partial charge in [0, 0.05) is 6.54 Å². The summed E-state index contributed by atoms with van der Waals surface area (Å²) in [4.78, 5) is 22.8. The SMILES string of the molecule is CC(C)COc1cn(-c2ccccc2)nc1C(=O)NCCC(=O)O. The summed E-state index contributed by atoms with van der Waals surface area (Å²) in [5, 5.41) is 15.5. The number of carbonyl (C=O) groups is 2. The summed E-state index contributed by atoms with van der Waals surface area (Å²) in [7, 11) is 0. The van der Waals surface area contributed by atoms with Gasteiger partial charge < -0.3 is 15.2 Å². The Morgan fingerprint density at radius 1 is 1.29 bits per heavy atom. The standard InChI is InChI=1S/C17H21N3O4/c1-12(2)11-24-14-10-20(13-6-4-3-5-7-13)19-16(14)17(23)18-9-8-15(21)22/h3-7,10,12H,8-9,11H2,1-2H3,(H,18,23)(H,21,22). The van der Waals surface area contributed by atoms with Crippen molar-refractivity contribution in [2.45, 2.75) is 20.3 Å². The van der Waals surface area contributed by atoms with Crippen LogP contribution in [-0.2, 0) is 4.79 Å². The van der Waals surface area contributed by atoms with E-state index in [1.807, 2.05) is 44.2 Å². The minimum Gasteiger partial charge on any atom is -0.489 e. The van der Waals surface area contributed by atoms with Crippen LogP contribution in [0.3, 0.4) is 0 Å². The number of carboxylic acids is 1. The maximum atomic E-state index is 12.3. The predicted octanol–water partition coefficient (Wildman–Crippen LogP) is 2.11. The summed E-state index contributed by atoms with van der Waals surface area (Å²) in [6.45, 7) is 4.51. The number of benzene rings is 1. The van der Waals surface area contributed by atoms with Gasteiger partial charge in [0.25, 0.3) is 5.91 Å². The number of carboxylic acid groups (broad SMARTS) is 1. The molecule has 0 radical (unpaired) electrons. The first kappa shape index (κ1) is 17.5. The molecule has 1 aromatic heterocycles. The fourth-order valence-corrected chi connectivity index (χ4v) is 1.96. The molecule has 7 nitrogen and oxygen atoms in total. The van der Waals surface area contributed by atoms with Crippen molar-refractivity contribution in [1.82, 2.24) is 15.1 Å². The van der Waals surface area contributed by atoms with E-state index >= 15 is 0 Å². The summed E-state index contributed by atoms with van der Waals surface area (Å²) >= 11 is 0. The van der Waals surface area contributed by atoms with Crippen LogP contribution in [0.2, 0.25) is 0 Å². The number of aliphatic carboxylic acids is 1. The second kappa shape index (κ2) is 8.14. The van der Waals surface area contributed by atoms with E-state index in [1.165, 1.54) is 0 Å². The molecule has 0 saturated heterocycles. The summed E-state index contributed by atoms with van der Waals surface area (Å²) < 4.78 is 7.26. The highest BCUT2D eigenvalue weighted by Crippen LogP contribution is 2.20. The van der Waals surface area contributed by atoms with Gasteiger partial charge in [-0.3, -0.25) is 9.59 Å². The number of ether oxygens (including phenoxy) is 1. The van der Waals surface area contributed by atoms with Crippen molar-refractivity contribution in [3.63, 3.8) is 0 Å². The summed E-state index contributed by atoms with van der Waals surface area (Å²) in [6, 6.07) is 9.37. The summed E-state index contributed by atoms with van der Waals surface area (Å²) in [5.41, 5.74) is 0.946. The average Bonchev–Trinajstić information content (AvgIpc) is 2.97. The second-order valence-electron chi connectivity index (χ2n) is 5.73. The fraction of sp³-hybridized carbons (Fsp3) is 0.353. The Kier molecular flexibility index (Phi) is 5.95. The molecule has 2 N–H and O–H groups in total. The Balaban J connectivity index is 2.21. The molecule has 0 aliphatic heterocycles. The number of aromatic nitrogens is 2. The van der Waals surface area contributed by atoms with Crippen LogP contribution in [0.5, 0.6) is 5.75 Å². The number of hydrogen-bond donors (Lipinski definition) is 2. The lowest BCUT2D eigenvalue weighted by atomic mass is 10.2. The predicted molar refractivity (Wildman–Crippen MR) is 88.5 cm³/mol.